The van der Waals surface area contributed by atoms with Crippen LogP contribution in [-0.4, -0.2) is 10.8 Å². The maximum Gasteiger partial charge on any atom is 0.196 e. The molecule has 0 aliphatic carbocycles. The van der Waals surface area contributed by atoms with Crippen LogP contribution in [0.15, 0.2) is 36.5 Å². The first-order valence-corrected chi connectivity index (χ1v) is 5.45. The summed E-state index contributed by atoms with van der Waals surface area (Å²) in [6.07, 6.45) is 1.30. The largest absolute Gasteiger partial charge is 0.288 e. The van der Waals surface area contributed by atoms with E-state index in [4.69, 9.17) is 23.2 Å². The molecule has 0 aliphatic heterocycles. The molecule has 0 bridgehead atoms. The van der Waals surface area contributed by atoms with Crippen molar-refractivity contribution < 1.29 is 9.18 Å². The zero-order valence-corrected chi connectivity index (χ0v) is 9.97. The lowest BCUT2D eigenvalue weighted by atomic mass is 10.1. The van der Waals surface area contributed by atoms with Crippen molar-refractivity contribution in [2.24, 2.45) is 0 Å². The Morgan fingerprint density at radius 2 is 1.82 bits per heavy atom. The summed E-state index contributed by atoms with van der Waals surface area (Å²) in [5, 5.41) is 0.435. The number of hydrogen-bond donors (Lipinski definition) is 0. The number of pyridine rings is 1. The molecule has 2 rings (SSSR count). The first kappa shape index (κ1) is 12.0. The van der Waals surface area contributed by atoms with Gasteiger partial charge in [-0.15, -0.1) is 0 Å². The van der Waals surface area contributed by atoms with Crippen molar-refractivity contribution in [1.82, 2.24) is 4.98 Å². The summed E-state index contributed by atoms with van der Waals surface area (Å²) in [5.41, 5.74) is 0.583. The first-order chi connectivity index (χ1) is 8.08. The highest BCUT2D eigenvalue weighted by Gasteiger charge is 2.13. The van der Waals surface area contributed by atoms with Gasteiger partial charge in [0.1, 0.15) is 11.0 Å². The third-order valence-corrected chi connectivity index (χ3v) is 2.69. The minimum atomic E-state index is -0.401. The van der Waals surface area contributed by atoms with Crippen LogP contribution >= 0.6 is 23.2 Å². The highest BCUT2D eigenvalue weighted by Crippen LogP contribution is 2.21. The fourth-order valence-electron chi connectivity index (χ4n) is 1.33. The Morgan fingerprint density at radius 3 is 2.41 bits per heavy atom. The van der Waals surface area contributed by atoms with E-state index in [2.05, 4.69) is 4.98 Å². The van der Waals surface area contributed by atoms with E-state index in [9.17, 15) is 9.18 Å². The number of rotatable bonds is 2. The SMILES string of the molecule is O=C(c1ccc(F)cc1)c1cnc(Cl)cc1Cl. The van der Waals surface area contributed by atoms with Crippen molar-refractivity contribution in [3.05, 3.63) is 63.6 Å². The smallest absolute Gasteiger partial charge is 0.196 e. The Kier molecular flexibility index (Phi) is 3.41. The quantitative estimate of drug-likeness (QED) is 0.614. The van der Waals surface area contributed by atoms with Gasteiger partial charge in [0, 0.05) is 11.8 Å². The predicted octanol–water partition coefficient (Wildman–Crippen LogP) is 3.76. The molecule has 0 saturated heterocycles. The molecule has 0 amide bonds. The van der Waals surface area contributed by atoms with Gasteiger partial charge in [-0.2, -0.15) is 0 Å². The number of benzene rings is 1. The second-order valence-corrected chi connectivity index (χ2v) is 4.12. The highest BCUT2D eigenvalue weighted by atomic mass is 35.5. The molecule has 2 aromatic rings. The fraction of sp³-hybridized carbons (Fsp3) is 0. The normalized spacial score (nSPS) is 10.3. The second-order valence-electron chi connectivity index (χ2n) is 3.32. The van der Waals surface area contributed by atoms with Crippen LogP contribution in [0.5, 0.6) is 0 Å². The third kappa shape index (κ3) is 2.62. The van der Waals surface area contributed by atoms with Crippen LogP contribution in [0.1, 0.15) is 15.9 Å². The third-order valence-electron chi connectivity index (χ3n) is 2.17. The van der Waals surface area contributed by atoms with Crippen LogP contribution in [0, 0.1) is 5.82 Å². The summed E-state index contributed by atoms with van der Waals surface area (Å²) in [6, 6.07) is 6.60. The van der Waals surface area contributed by atoms with E-state index in [0.29, 0.717) is 5.56 Å². The zero-order valence-electron chi connectivity index (χ0n) is 8.45. The van der Waals surface area contributed by atoms with Crippen molar-refractivity contribution in [2.45, 2.75) is 0 Å². The van der Waals surface area contributed by atoms with Crippen molar-refractivity contribution >= 4 is 29.0 Å². The van der Waals surface area contributed by atoms with Gasteiger partial charge in [0.05, 0.1) is 10.6 Å². The Morgan fingerprint density at radius 1 is 1.18 bits per heavy atom. The van der Waals surface area contributed by atoms with Crippen LogP contribution in [0.3, 0.4) is 0 Å². The fourth-order valence-corrected chi connectivity index (χ4v) is 1.78. The lowest BCUT2D eigenvalue weighted by Gasteiger charge is -2.03. The molecular formula is C12H6Cl2FNO. The van der Waals surface area contributed by atoms with Crippen LogP contribution in [0.25, 0.3) is 0 Å². The van der Waals surface area contributed by atoms with Gasteiger partial charge < -0.3 is 0 Å². The second kappa shape index (κ2) is 4.82. The average Bonchev–Trinajstić information content (AvgIpc) is 2.29. The van der Waals surface area contributed by atoms with Gasteiger partial charge in [-0.05, 0) is 30.3 Å². The summed E-state index contributed by atoms with van der Waals surface area (Å²) in [6.45, 7) is 0. The maximum absolute atomic E-state index is 12.7. The molecule has 0 saturated carbocycles. The summed E-state index contributed by atoms with van der Waals surface area (Å²) >= 11 is 11.5. The van der Waals surface area contributed by atoms with Crippen molar-refractivity contribution in [1.29, 1.82) is 0 Å². The predicted molar refractivity (Wildman–Crippen MR) is 64.1 cm³/mol. The number of aromatic nitrogens is 1. The Hall–Kier alpha value is -1.45. The number of carbonyl (C=O) groups is 1. The van der Waals surface area contributed by atoms with Crippen molar-refractivity contribution in [2.75, 3.05) is 0 Å². The number of halogens is 3. The summed E-state index contributed by atoms with van der Waals surface area (Å²) < 4.78 is 12.7. The lowest BCUT2D eigenvalue weighted by Crippen LogP contribution is -2.03. The van der Waals surface area contributed by atoms with E-state index in [1.807, 2.05) is 0 Å². The van der Waals surface area contributed by atoms with Crippen LogP contribution in [0.4, 0.5) is 4.39 Å². The Balaban J connectivity index is 2.40. The Bertz CT molecular complexity index is 569. The molecule has 0 atom stereocenters. The van der Waals surface area contributed by atoms with Gasteiger partial charge in [0.15, 0.2) is 5.78 Å². The molecule has 0 radical (unpaired) electrons. The van der Waals surface area contributed by atoms with Gasteiger partial charge in [-0.25, -0.2) is 9.37 Å². The molecule has 86 valence electrons. The molecular weight excluding hydrogens is 264 g/mol. The average molecular weight is 270 g/mol. The Labute approximate surface area is 107 Å². The van der Waals surface area contributed by atoms with E-state index in [1.165, 1.54) is 36.5 Å². The monoisotopic (exact) mass is 269 g/mol. The van der Waals surface area contributed by atoms with Gasteiger partial charge in [0.2, 0.25) is 0 Å². The molecule has 0 spiro atoms. The molecule has 1 aromatic carbocycles. The molecule has 0 fully saturated rings. The summed E-state index contributed by atoms with van der Waals surface area (Å²) in [7, 11) is 0. The van der Waals surface area contributed by atoms with Crippen LogP contribution < -0.4 is 0 Å². The van der Waals surface area contributed by atoms with Gasteiger partial charge >= 0.3 is 0 Å². The maximum atomic E-state index is 12.7. The standard InChI is InChI=1S/C12H6Cl2FNO/c13-10-5-11(14)16-6-9(10)12(17)7-1-3-8(15)4-2-7/h1-6H. The van der Waals surface area contributed by atoms with Crippen molar-refractivity contribution in [3.8, 4) is 0 Å². The van der Waals surface area contributed by atoms with Crippen LogP contribution in [-0.2, 0) is 0 Å². The molecule has 0 unspecified atom stereocenters. The molecule has 17 heavy (non-hydrogen) atoms. The number of carbonyl (C=O) groups excluding carboxylic acids is 1. The molecule has 1 heterocycles. The molecule has 0 aliphatic rings. The molecule has 0 N–H and O–H groups in total. The van der Waals surface area contributed by atoms with Gasteiger partial charge in [-0.1, -0.05) is 23.2 Å². The molecule has 5 heteroatoms. The summed E-state index contributed by atoms with van der Waals surface area (Å²) in [5.74, 6) is -0.721. The van der Waals surface area contributed by atoms with E-state index >= 15 is 0 Å². The van der Waals surface area contributed by atoms with Gasteiger partial charge in [-0.3, -0.25) is 4.79 Å². The lowest BCUT2D eigenvalue weighted by molar-refractivity contribution is 0.103. The van der Waals surface area contributed by atoms with E-state index in [0.717, 1.165) is 0 Å². The zero-order chi connectivity index (χ0) is 12.4. The van der Waals surface area contributed by atoms with E-state index < -0.39 is 5.82 Å². The number of hydrogen-bond acceptors (Lipinski definition) is 2. The number of nitrogens with zero attached hydrogens (tertiary/aromatic N) is 1. The minimum absolute atomic E-state index is 0.214. The molecule has 1 aromatic heterocycles. The first-order valence-electron chi connectivity index (χ1n) is 4.69. The summed E-state index contributed by atoms with van der Waals surface area (Å²) in [4.78, 5) is 15.8. The molecule has 2 nitrogen and oxygen atoms in total. The van der Waals surface area contributed by atoms with Gasteiger partial charge in [0.25, 0.3) is 0 Å². The topological polar surface area (TPSA) is 30.0 Å². The van der Waals surface area contributed by atoms with E-state index in [1.54, 1.807) is 0 Å². The van der Waals surface area contributed by atoms with Crippen LogP contribution in [0.2, 0.25) is 10.2 Å². The minimum Gasteiger partial charge on any atom is -0.288 e. The number of ketones is 1. The van der Waals surface area contributed by atoms with E-state index in [-0.39, 0.29) is 21.5 Å². The van der Waals surface area contributed by atoms with Crippen molar-refractivity contribution in [3.63, 3.8) is 0 Å². The highest BCUT2D eigenvalue weighted by molar-refractivity contribution is 6.37.